The van der Waals surface area contributed by atoms with Crippen LogP contribution in [0.4, 0.5) is 0 Å². The summed E-state index contributed by atoms with van der Waals surface area (Å²) in [6.07, 6.45) is -0.0764. The minimum atomic E-state index is -0.361. The summed E-state index contributed by atoms with van der Waals surface area (Å²) in [5.74, 6) is 0. The van der Waals surface area contributed by atoms with Gasteiger partial charge in [0.15, 0.2) is 6.29 Å². The van der Waals surface area contributed by atoms with E-state index >= 15 is 0 Å². The molecule has 0 amide bonds. The molecule has 0 aliphatic carbocycles. The van der Waals surface area contributed by atoms with Gasteiger partial charge in [-0.25, -0.2) is 0 Å². The Morgan fingerprint density at radius 2 is 2.00 bits per heavy atom. The summed E-state index contributed by atoms with van der Waals surface area (Å²) in [5.41, 5.74) is 0. The maximum absolute atomic E-state index is 8.09. The Morgan fingerprint density at radius 3 is 2.11 bits per heavy atom. The van der Waals surface area contributed by atoms with Crippen molar-refractivity contribution in [1.29, 1.82) is 5.26 Å². The molecule has 0 aromatic heterocycles. The first-order valence-electron chi connectivity index (χ1n) is 2.27. The van der Waals surface area contributed by atoms with Crippen LogP contribution in [0, 0.1) is 11.3 Å². The predicted octanol–water partition coefficient (Wildman–Crippen LogP) is -2.36. The normalized spacial score (nSPS) is 8.22. The van der Waals surface area contributed by atoms with Crippen molar-refractivity contribution < 1.29 is 40.5 Å². The zero-order valence-corrected chi connectivity index (χ0v) is 8.05. The van der Waals surface area contributed by atoms with E-state index < -0.39 is 0 Å². The Bertz CT molecular complexity index is 92.1. The Balaban J connectivity index is -0.000000245. The predicted molar refractivity (Wildman–Crippen MR) is 29.1 cm³/mol. The van der Waals surface area contributed by atoms with Gasteiger partial charge in [0, 0.05) is 14.2 Å². The van der Waals surface area contributed by atoms with Gasteiger partial charge in [-0.2, -0.15) is 5.26 Å². The molecule has 0 spiro atoms. The zero-order valence-electron chi connectivity index (χ0n) is 7.05. The molecule has 0 atom stereocenters. The maximum Gasteiger partial charge on any atom is 1.00 e. The van der Waals surface area contributed by atoms with Crippen LogP contribution in [0.5, 0.6) is 0 Å². The van der Waals surface area contributed by atoms with Gasteiger partial charge >= 0.3 is 29.6 Å². The first-order chi connectivity index (χ1) is 3.85. The largest absolute Gasteiger partial charge is 1.00 e. The first kappa shape index (κ1) is 12.1. The Kier molecular flexibility index (Phi) is 11.3. The van der Waals surface area contributed by atoms with E-state index in [1.165, 1.54) is 14.2 Å². The quantitative estimate of drug-likeness (QED) is 0.324. The van der Waals surface area contributed by atoms with Gasteiger partial charge in [0.1, 0.15) is 0 Å². The van der Waals surface area contributed by atoms with Crippen LogP contribution in [0.2, 0.25) is 0 Å². The molecule has 0 bridgehead atoms. The van der Waals surface area contributed by atoms with Gasteiger partial charge in [0.05, 0.1) is 12.5 Å². The van der Waals surface area contributed by atoms with Crippen LogP contribution in [0.25, 0.3) is 0 Å². The molecule has 0 aromatic carbocycles. The Morgan fingerprint density at radius 1 is 1.56 bits per heavy atom. The van der Waals surface area contributed by atoms with Gasteiger partial charge in [0.25, 0.3) is 0 Å². The van der Waals surface area contributed by atoms with Crippen LogP contribution in [0.3, 0.4) is 0 Å². The standard InChI is InChI=1S/C5H9NO2.Na.H/c1-7-5(8-2)3-4-6;;/h5H,3H2,1-2H3;;/q;+1;-1. The third kappa shape index (κ3) is 6.29. The molecule has 48 valence electrons. The second-order valence-electron chi connectivity index (χ2n) is 1.26. The van der Waals surface area contributed by atoms with E-state index in [2.05, 4.69) is 0 Å². The average Bonchev–Trinajstić information content (AvgIpc) is 1.83. The minimum absolute atomic E-state index is 0. The zero-order chi connectivity index (χ0) is 6.41. The van der Waals surface area contributed by atoms with Crippen molar-refractivity contribution in [3.05, 3.63) is 0 Å². The van der Waals surface area contributed by atoms with Gasteiger partial charge in [0.2, 0.25) is 0 Å². The SMILES string of the molecule is COC(CC#N)OC.[H-].[Na+]. The molecule has 0 heterocycles. The van der Waals surface area contributed by atoms with Crippen molar-refractivity contribution in [3.8, 4) is 6.07 Å². The summed E-state index contributed by atoms with van der Waals surface area (Å²) in [4.78, 5) is 0. The van der Waals surface area contributed by atoms with E-state index in [9.17, 15) is 0 Å². The number of hydrogen-bond acceptors (Lipinski definition) is 3. The fourth-order valence-corrected chi connectivity index (χ4v) is 0.337. The van der Waals surface area contributed by atoms with Crippen molar-refractivity contribution >= 4 is 0 Å². The van der Waals surface area contributed by atoms with Crippen LogP contribution >= 0.6 is 0 Å². The number of rotatable bonds is 3. The van der Waals surface area contributed by atoms with E-state index in [4.69, 9.17) is 14.7 Å². The molecule has 9 heavy (non-hydrogen) atoms. The molecule has 0 fully saturated rings. The first-order valence-corrected chi connectivity index (χ1v) is 2.27. The molecule has 0 saturated heterocycles. The molecule has 0 N–H and O–H groups in total. The topological polar surface area (TPSA) is 42.2 Å². The van der Waals surface area contributed by atoms with Crippen molar-refractivity contribution in [2.24, 2.45) is 0 Å². The summed E-state index contributed by atoms with van der Waals surface area (Å²) in [5, 5.41) is 8.09. The molecule has 0 radical (unpaired) electrons. The van der Waals surface area contributed by atoms with Gasteiger partial charge in [-0.1, -0.05) is 0 Å². The van der Waals surface area contributed by atoms with E-state index in [0.29, 0.717) is 0 Å². The molecule has 4 heteroatoms. The van der Waals surface area contributed by atoms with Crippen molar-refractivity contribution in [2.45, 2.75) is 12.7 Å². The molecule has 3 nitrogen and oxygen atoms in total. The second-order valence-corrected chi connectivity index (χ2v) is 1.26. The number of ether oxygens (including phenoxy) is 2. The number of nitrogens with zero attached hydrogens (tertiary/aromatic N) is 1. The fraction of sp³-hybridized carbons (Fsp3) is 0.800. The summed E-state index contributed by atoms with van der Waals surface area (Å²) in [6.45, 7) is 0. The minimum Gasteiger partial charge on any atom is -1.00 e. The maximum atomic E-state index is 8.09. The van der Waals surface area contributed by atoms with Crippen molar-refractivity contribution in [2.75, 3.05) is 14.2 Å². The molecule has 0 aliphatic heterocycles. The second kappa shape index (κ2) is 8.41. The molecule has 0 saturated carbocycles. The van der Waals surface area contributed by atoms with Gasteiger partial charge < -0.3 is 10.9 Å². The number of methoxy groups -OCH3 is 2. The van der Waals surface area contributed by atoms with E-state index in [0.717, 1.165) is 0 Å². The molecule has 0 aliphatic rings. The fourth-order valence-electron chi connectivity index (χ4n) is 0.337. The Labute approximate surface area is 78.7 Å². The Hall–Kier alpha value is 0.410. The van der Waals surface area contributed by atoms with Gasteiger partial charge in [-0.05, 0) is 0 Å². The molecular formula is C5H10NNaO2. The van der Waals surface area contributed by atoms with Crippen LogP contribution in [-0.4, -0.2) is 20.5 Å². The third-order valence-corrected chi connectivity index (χ3v) is 0.784. The van der Waals surface area contributed by atoms with Crippen molar-refractivity contribution in [1.82, 2.24) is 0 Å². The monoisotopic (exact) mass is 139 g/mol. The number of hydrogen-bond donors (Lipinski definition) is 0. The van der Waals surface area contributed by atoms with E-state index in [-0.39, 0.29) is 43.7 Å². The molecule has 0 aromatic rings. The summed E-state index contributed by atoms with van der Waals surface area (Å²) < 4.78 is 9.39. The molecule has 0 rings (SSSR count). The van der Waals surface area contributed by atoms with Gasteiger partial charge in [-0.15, -0.1) is 0 Å². The van der Waals surface area contributed by atoms with Crippen LogP contribution in [0.1, 0.15) is 7.85 Å². The smallest absolute Gasteiger partial charge is 1.00 e. The summed E-state index contributed by atoms with van der Waals surface area (Å²) in [7, 11) is 3.01. The third-order valence-electron chi connectivity index (χ3n) is 0.784. The van der Waals surface area contributed by atoms with E-state index in [1.54, 1.807) is 0 Å². The van der Waals surface area contributed by atoms with Crippen LogP contribution < -0.4 is 29.6 Å². The molecular weight excluding hydrogens is 129 g/mol. The average molecular weight is 139 g/mol. The van der Waals surface area contributed by atoms with Crippen molar-refractivity contribution in [3.63, 3.8) is 0 Å². The van der Waals surface area contributed by atoms with Gasteiger partial charge in [-0.3, -0.25) is 0 Å². The van der Waals surface area contributed by atoms with Crippen LogP contribution in [0.15, 0.2) is 0 Å². The van der Waals surface area contributed by atoms with Crippen LogP contribution in [-0.2, 0) is 9.47 Å². The molecule has 0 unspecified atom stereocenters. The summed E-state index contributed by atoms with van der Waals surface area (Å²) in [6, 6.07) is 1.92. The summed E-state index contributed by atoms with van der Waals surface area (Å²) >= 11 is 0. The van der Waals surface area contributed by atoms with E-state index in [1.807, 2.05) is 6.07 Å². The number of nitriles is 1.